The smallest absolute Gasteiger partial charge is 0.242 e. The lowest BCUT2D eigenvalue weighted by Gasteiger charge is -2.12. The van der Waals surface area contributed by atoms with E-state index >= 15 is 0 Å². The minimum absolute atomic E-state index is 0.234. The number of amides is 1. The van der Waals surface area contributed by atoms with Gasteiger partial charge in [0.05, 0.1) is 12.2 Å². The number of carbonyl (C=O) groups is 1. The Morgan fingerprint density at radius 1 is 1.42 bits per heavy atom. The quantitative estimate of drug-likeness (QED) is 0.746. The average molecular weight is 341 g/mol. The fourth-order valence-corrected chi connectivity index (χ4v) is 3.15. The minimum Gasteiger partial charge on any atom is -0.320 e. The highest BCUT2D eigenvalue weighted by Gasteiger charge is 2.16. The van der Waals surface area contributed by atoms with Crippen LogP contribution in [0.1, 0.15) is 11.3 Å². The summed E-state index contributed by atoms with van der Waals surface area (Å²) in [5.74, 6) is 0.271. The zero-order chi connectivity index (χ0) is 17.1. The van der Waals surface area contributed by atoms with Crippen LogP contribution in [0, 0.1) is 6.92 Å². The van der Waals surface area contributed by atoms with E-state index in [9.17, 15) is 4.79 Å². The van der Waals surface area contributed by atoms with Crippen LogP contribution in [-0.2, 0) is 18.3 Å². The van der Waals surface area contributed by atoms with Gasteiger partial charge in [0.15, 0.2) is 0 Å². The number of thiophene rings is 1. The maximum absolute atomic E-state index is 12.2. The molecule has 0 radical (unpaired) electrons. The first kappa shape index (κ1) is 16.4. The van der Waals surface area contributed by atoms with E-state index in [4.69, 9.17) is 5.73 Å². The van der Waals surface area contributed by atoms with Gasteiger partial charge in [-0.3, -0.25) is 9.48 Å². The van der Waals surface area contributed by atoms with Gasteiger partial charge in [0.2, 0.25) is 5.91 Å². The fourth-order valence-electron chi connectivity index (χ4n) is 2.47. The van der Waals surface area contributed by atoms with E-state index in [2.05, 4.69) is 15.4 Å². The summed E-state index contributed by atoms with van der Waals surface area (Å²) in [6.45, 7) is 1.91. The van der Waals surface area contributed by atoms with E-state index in [1.165, 1.54) is 0 Å². The van der Waals surface area contributed by atoms with E-state index in [0.717, 1.165) is 22.4 Å². The molecule has 0 aliphatic heterocycles. The zero-order valence-electron chi connectivity index (χ0n) is 13.6. The van der Waals surface area contributed by atoms with E-state index in [1.54, 1.807) is 28.3 Å². The number of carbonyl (C=O) groups excluding carboxylic acids is 1. The van der Waals surface area contributed by atoms with Crippen LogP contribution in [0.3, 0.4) is 0 Å². The van der Waals surface area contributed by atoms with Gasteiger partial charge in [0.25, 0.3) is 0 Å². The standard InChI is InChI=1S/C17H19N5OS/c1-11-14(13-8-19-22(2)9-13)3-4-16(20-11)21-17(23)15(18)7-12-5-6-24-10-12/h3-6,8-10,15H,7,18H2,1-2H3,(H,20,21,23). The number of pyridine rings is 1. The molecule has 3 aromatic heterocycles. The van der Waals surface area contributed by atoms with E-state index in [1.807, 2.05) is 43.1 Å². The monoisotopic (exact) mass is 341 g/mol. The minimum atomic E-state index is -0.597. The highest BCUT2D eigenvalue weighted by molar-refractivity contribution is 7.07. The van der Waals surface area contributed by atoms with Crippen molar-refractivity contribution in [3.63, 3.8) is 0 Å². The maximum atomic E-state index is 12.2. The normalized spacial score (nSPS) is 12.1. The molecule has 0 spiro atoms. The van der Waals surface area contributed by atoms with Crippen molar-refractivity contribution in [3.05, 3.63) is 52.6 Å². The van der Waals surface area contributed by atoms with Gasteiger partial charge >= 0.3 is 0 Å². The van der Waals surface area contributed by atoms with Crippen LogP contribution >= 0.6 is 11.3 Å². The molecule has 0 aromatic carbocycles. The molecule has 7 heteroatoms. The number of nitrogens with zero attached hydrogens (tertiary/aromatic N) is 3. The van der Waals surface area contributed by atoms with Crippen molar-refractivity contribution in [3.8, 4) is 11.1 Å². The number of anilines is 1. The molecule has 0 bridgehead atoms. The molecule has 0 saturated carbocycles. The third-order valence-electron chi connectivity index (χ3n) is 3.73. The lowest BCUT2D eigenvalue weighted by molar-refractivity contribution is -0.117. The van der Waals surface area contributed by atoms with Crippen LogP contribution in [0.4, 0.5) is 5.82 Å². The molecule has 24 heavy (non-hydrogen) atoms. The van der Waals surface area contributed by atoms with Crippen molar-refractivity contribution >= 4 is 23.1 Å². The van der Waals surface area contributed by atoms with Gasteiger partial charge in [-0.15, -0.1) is 0 Å². The number of nitrogens with two attached hydrogens (primary N) is 1. The van der Waals surface area contributed by atoms with Crippen molar-refractivity contribution in [2.45, 2.75) is 19.4 Å². The van der Waals surface area contributed by atoms with Crippen molar-refractivity contribution in [2.24, 2.45) is 12.8 Å². The van der Waals surface area contributed by atoms with Crippen molar-refractivity contribution in [2.75, 3.05) is 5.32 Å². The molecule has 0 saturated heterocycles. The fraction of sp³-hybridized carbons (Fsp3) is 0.235. The van der Waals surface area contributed by atoms with Gasteiger partial charge in [0.1, 0.15) is 5.82 Å². The Balaban J connectivity index is 1.69. The molecule has 0 aliphatic carbocycles. The third-order valence-corrected chi connectivity index (χ3v) is 4.46. The van der Waals surface area contributed by atoms with Crippen molar-refractivity contribution in [1.29, 1.82) is 0 Å². The molecule has 3 rings (SSSR count). The third kappa shape index (κ3) is 3.69. The van der Waals surface area contributed by atoms with Gasteiger partial charge < -0.3 is 11.1 Å². The highest BCUT2D eigenvalue weighted by Crippen LogP contribution is 2.23. The van der Waals surface area contributed by atoms with Crippen LogP contribution in [0.5, 0.6) is 0 Å². The molecule has 1 amide bonds. The van der Waals surface area contributed by atoms with E-state index < -0.39 is 6.04 Å². The maximum Gasteiger partial charge on any atom is 0.242 e. The summed E-state index contributed by atoms with van der Waals surface area (Å²) in [7, 11) is 1.87. The lowest BCUT2D eigenvalue weighted by atomic mass is 10.1. The summed E-state index contributed by atoms with van der Waals surface area (Å²) < 4.78 is 1.74. The molecular formula is C17H19N5OS. The number of hydrogen-bond acceptors (Lipinski definition) is 5. The Labute approximate surface area is 144 Å². The molecule has 6 nitrogen and oxygen atoms in total. The molecule has 1 atom stereocenters. The second-order valence-corrected chi connectivity index (χ2v) is 6.44. The molecule has 124 valence electrons. The largest absolute Gasteiger partial charge is 0.320 e. The molecule has 0 fully saturated rings. The molecular weight excluding hydrogens is 322 g/mol. The molecule has 3 N–H and O–H groups in total. The predicted molar refractivity (Wildman–Crippen MR) is 95.8 cm³/mol. The number of aromatic nitrogens is 3. The molecule has 3 heterocycles. The van der Waals surface area contributed by atoms with Gasteiger partial charge in [-0.1, -0.05) is 0 Å². The predicted octanol–water partition coefficient (Wildman–Crippen LogP) is 2.36. The Morgan fingerprint density at radius 3 is 2.88 bits per heavy atom. The zero-order valence-corrected chi connectivity index (χ0v) is 14.4. The van der Waals surface area contributed by atoms with Crippen LogP contribution in [0.15, 0.2) is 41.4 Å². The summed E-state index contributed by atoms with van der Waals surface area (Å²) in [4.78, 5) is 16.7. The topological polar surface area (TPSA) is 85.8 Å². The van der Waals surface area contributed by atoms with Crippen LogP contribution in [-0.4, -0.2) is 26.7 Å². The number of rotatable bonds is 5. The van der Waals surface area contributed by atoms with Crippen molar-refractivity contribution in [1.82, 2.24) is 14.8 Å². The summed E-state index contributed by atoms with van der Waals surface area (Å²) in [6.07, 6.45) is 4.24. The Kier molecular flexibility index (Phi) is 4.73. The van der Waals surface area contributed by atoms with E-state index in [0.29, 0.717) is 12.2 Å². The van der Waals surface area contributed by atoms with Gasteiger partial charge in [0, 0.05) is 30.1 Å². The van der Waals surface area contributed by atoms with Crippen LogP contribution in [0.2, 0.25) is 0 Å². The molecule has 0 aliphatic rings. The Morgan fingerprint density at radius 2 is 2.25 bits per heavy atom. The Bertz CT molecular complexity index is 841. The number of aryl methyl sites for hydroxylation is 2. The van der Waals surface area contributed by atoms with E-state index in [-0.39, 0.29) is 5.91 Å². The number of hydrogen-bond donors (Lipinski definition) is 2. The summed E-state index contributed by atoms with van der Waals surface area (Å²) in [5.41, 5.74) is 9.85. The van der Waals surface area contributed by atoms with Crippen LogP contribution in [0.25, 0.3) is 11.1 Å². The molecule has 3 aromatic rings. The first-order valence-electron chi connectivity index (χ1n) is 7.57. The second kappa shape index (κ2) is 6.94. The van der Waals surface area contributed by atoms with Gasteiger partial charge in [-0.2, -0.15) is 16.4 Å². The summed E-state index contributed by atoms with van der Waals surface area (Å²) in [5, 5.41) is 10.9. The number of nitrogens with one attached hydrogen (secondary N) is 1. The first-order valence-corrected chi connectivity index (χ1v) is 8.51. The average Bonchev–Trinajstić information content (AvgIpc) is 3.19. The SMILES string of the molecule is Cc1nc(NC(=O)C(N)Cc2ccsc2)ccc1-c1cnn(C)c1. The first-order chi connectivity index (χ1) is 11.5. The Hall–Kier alpha value is -2.51. The van der Waals surface area contributed by atoms with Gasteiger partial charge in [-0.25, -0.2) is 4.98 Å². The second-order valence-electron chi connectivity index (χ2n) is 5.66. The molecule has 1 unspecified atom stereocenters. The lowest BCUT2D eigenvalue weighted by Crippen LogP contribution is -2.37. The van der Waals surface area contributed by atoms with Gasteiger partial charge in [-0.05, 0) is 47.9 Å². The van der Waals surface area contributed by atoms with Crippen LogP contribution < -0.4 is 11.1 Å². The summed E-state index contributed by atoms with van der Waals surface area (Å²) >= 11 is 1.59. The highest BCUT2D eigenvalue weighted by atomic mass is 32.1. The summed E-state index contributed by atoms with van der Waals surface area (Å²) in [6, 6.07) is 5.09. The van der Waals surface area contributed by atoms with Crippen molar-refractivity contribution < 1.29 is 4.79 Å².